The number of hydrogen-bond acceptors (Lipinski definition) is 2. The molecule has 0 spiro atoms. The number of hydrogen-bond donors (Lipinski definition) is 2. The summed E-state index contributed by atoms with van der Waals surface area (Å²) in [6, 6.07) is 0. The molecule has 2 nitrogen and oxygen atoms in total. The van der Waals surface area contributed by atoms with Crippen LogP contribution in [0.4, 0.5) is 0 Å². The lowest BCUT2D eigenvalue weighted by atomic mass is 9.82. The molecular formula is C14H29NO. The normalized spacial score (nSPS) is 23.2. The van der Waals surface area contributed by atoms with E-state index in [9.17, 15) is 5.11 Å². The summed E-state index contributed by atoms with van der Waals surface area (Å²) in [5.41, 5.74) is 0.623. The highest BCUT2D eigenvalue weighted by Crippen LogP contribution is 2.40. The fraction of sp³-hybridized carbons (Fsp3) is 1.00. The molecule has 1 aliphatic carbocycles. The molecule has 16 heavy (non-hydrogen) atoms. The summed E-state index contributed by atoms with van der Waals surface area (Å²) in [5, 5.41) is 13.0. The van der Waals surface area contributed by atoms with E-state index in [0.717, 1.165) is 19.5 Å². The molecule has 1 aliphatic rings. The van der Waals surface area contributed by atoms with Crippen LogP contribution in [0, 0.1) is 10.8 Å². The first-order valence-electron chi connectivity index (χ1n) is 6.91. The van der Waals surface area contributed by atoms with Gasteiger partial charge in [0.2, 0.25) is 0 Å². The van der Waals surface area contributed by atoms with Crippen molar-refractivity contribution in [1.82, 2.24) is 5.32 Å². The Bertz CT molecular complexity index is 193. The minimum Gasteiger partial charge on any atom is -0.396 e. The first kappa shape index (κ1) is 14.0. The van der Waals surface area contributed by atoms with E-state index < -0.39 is 0 Å². The standard InChI is InChI=1S/C14H29NO/c1-4-13(3,12-16)10-15-11-14(5-2)8-6-7-9-14/h15-16H,4-12H2,1-3H3. The van der Waals surface area contributed by atoms with Crippen LogP contribution in [-0.4, -0.2) is 24.8 Å². The van der Waals surface area contributed by atoms with Gasteiger partial charge in [0.15, 0.2) is 0 Å². The molecule has 0 bridgehead atoms. The van der Waals surface area contributed by atoms with Crippen LogP contribution < -0.4 is 5.32 Å². The van der Waals surface area contributed by atoms with Crippen molar-refractivity contribution in [2.24, 2.45) is 10.8 Å². The van der Waals surface area contributed by atoms with Gasteiger partial charge in [-0.2, -0.15) is 0 Å². The molecule has 0 saturated heterocycles. The van der Waals surface area contributed by atoms with E-state index in [1.54, 1.807) is 0 Å². The van der Waals surface area contributed by atoms with Crippen molar-refractivity contribution in [3.63, 3.8) is 0 Å². The van der Waals surface area contributed by atoms with Gasteiger partial charge in [-0.15, -0.1) is 0 Å². The Kier molecular flexibility index (Phi) is 5.26. The van der Waals surface area contributed by atoms with E-state index in [2.05, 4.69) is 26.1 Å². The molecule has 0 aromatic heterocycles. The van der Waals surface area contributed by atoms with Crippen LogP contribution in [0.15, 0.2) is 0 Å². The minimum atomic E-state index is 0.0630. The van der Waals surface area contributed by atoms with E-state index in [4.69, 9.17) is 0 Å². The third-order valence-corrected chi connectivity index (χ3v) is 4.70. The quantitative estimate of drug-likeness (QED) is 0.701. The van der Waals surface area contributed by atoms with Crippen LogP contribution in [0.3, 0.4) is 0 Å². The van der Waals surface area contributed by atoms with Crippen molar-refractivity contribution in [3.8, 4) is 0 Å². The molecule has 0 heterocycles. The molecule has 0 aromatic rings. The van der Waals surface area contributed by atoms with Crippen LogP contribution in [0.5, 0.6) is 0 Å². The van der Waals surface area contributed by atoms with Gasteiger partial charge in [-0.25, -0.2) is 0 Å². The summed E-state index contributed by atoms with van der Waals surface area (Å²) < 4.78 is 0. The lowest BCUT2D eigenvalue weighted by Crippen LogP contribution is -2.39. The molecule has 0 aliphatic heterocycles. The van der Waals surface area contributed by atoms with Crippen molar-refractivity contribution in [2.45, 2.75) is 59.3 Å². The topological polar surface area (TPSA) is 32.3 Å². The Morgan fingerprint density at radius 1 is 1.25 bits per heavy atom. The van der Waals surface area contributed by atoms with Gasteiger partial charge in [0.1, 0.15) is 0 Å². The maximum atomic E-state index is 9.36. The lowest BCUT2D eigenvalue weighted by molar-refractivity contribution is 0.128. The maximum Gasteiger partial charge on any atom is 0.0496 e. The predicted octanol–water partition coefficient (Wildman–Crippen LogP) is 2.96. The van der Waals surface area contributed by atoms with Gasteiger partial charge in [-0.3, -0.25) is 0 Å². The van der Waals surface area contributed by atoms with Crippen LogP contribution in [0.25, 0.3) is 0 Å². The summed E-state index contributed by atoms with van der Waals surface area (Å²) in [5.74, 6) is 0. The fourth-order valence-corrected chi connectivity index (χ4v) is 2.70. The fourth-order valence-electron chi connectivity index (χ4n) is 2.70. The molecular weight excluding hydrogens is 198 g/mol. The van der Waals surface area contributed by atoms with Crippen molar-refractivity contribution >= 4 is 0 Å². The Morgan fingerprint density at radius 3 is 2.31 bits per heavy atom. The first-order valence-corrected chi connectivity index (χ1v) is 6.91. The van der Waals surface area contributed by atoms with Crippen molar-refractivity contribution in [3.05, 3.63) is 0 Å². The van der Waals surface area contributed by atoms with Crippen LogP contribution in [0.1, 0.15) is 59.3 Å². The van der Waals surface area contributed by atoms with Gasteiger partial charge < -0.3 is 10.4 Å². The number of nitrogens with one attached hydrogen (secondary N) is 1. The molecule has 0 radical (unpaired) electrons. The van der Waals surface area contributed by atoms with E-state index in [0.29, 0.717) is 5.41 Å². The lowest BCUT2D eigenvalue weighted by Gasteiger charge is -2.32. The zero-order valence-corrected chi connectivity index (χ0v) is 11.3. The van der Waals surface area contributed by atoms with E-state index in [-0.39, 0.29) is 12.0 Å². The Labute approximate surface area is 101 Å². The van der Waals surface area contributed by atoms with Crippen molar-refractivity contribution in [2.75, 3.05) is 19.7 Å². The smallest absolute Gasteiger partial charge is 0.0496 e. The highest BCUT2D eigenvalue weighted by molar-refractivity contribution is 4.86. The van der Waals surface area contributed by atoms with E-state index in [1.165, 1.54) is 32.1 Å². The molecule has 2 heteroatoms. The molecule has 1 rings (SSSR count). The minimum absolute atomic E-state index is 0.0630. The monoisotopic (exact) mass is 227 g/mol. The van der Waals surface area contributed by atoms with E-state index >= 15 is 0 Å². The highest BCUT2D eigenvalue weighted by Gasteiger charge is 2.32. The molecule has 0 aromatic carbocycles. The number of aliphatic hydroxyl groups excluding tert-OH is 1. The number of aliphatic hydroxyl groups is 1. The third kappa shape index (κ3) is 3.46. The molecule has 1 fully saturated rings. The largest absolute Gasteiger partial charge is 0.396 e. The average molecular weight is 227 g/mol. The summed E-state index contributed by atoms with van der Waals surface area (Å²) in [4.78, 5) is 0. The molecule has 96 valence electrons. The summed E-state index contributed by atoms with van der Waals surface area (Å²) in [7, 11) is 0. The first-order chi connectivity index (χ1) is 7.60. The van der Waals surface area contributed by atoms with Crippen molar-refractivity contribution in [1.29, 1.82) is 0 Å². The third-order valence-electron chi connectivity index (χ3n) is 4.70. The Hall–Kier alpha value is -0.0800. The van der Waals surface area contributed by atoms with E-state index in [1.807, 2.05) is 0 Å². The average Bonchev–Trinajstić information content (AvgIpc) is 2.78. The Balaban J connectivity index is 2.33. The van der Waals surface area contributed by atoms with Crippen LogP contribution >= 0.6 is 0 Å². The van der Waals surface area contributed by atoms with Gasteiger partial charge in [0.05, 0.1) is 0 Å². The van der Waals surface area contributed by atoms with Gasteiger partial charge >= 0.3 is 0 Å². The second-order valence-corrected chi connectivity index (χ2v) is 5.99. The zero-order valence-electron chi connectivity index (χ0n) is 11.3. The Morgan fingerprint density at radius 2 is 1.88 bits per heavy atom. The van der Waals surface area contributed by atoms with Gasteiger partial charge in [-0.05, 0) is 31.1 Å². The molecule has 1 unspecified atom stereocenters. The van der Waals surface area contributed by atoms with Crippen LogP contribution in [-0.2, 0) is 0 Å². The van der Waals surface area contributed by atoms with Crippen molar-refractivity contribution < 1.29 is 5.11 Å². The SMILES string of the molecule is CCC(C)(CO)CNCC1(CC)CCCC1. The molecule has 2 N–H and O–H groups in total. The van der Waals surface area contributed by atoms with Crippen LogP contribution in [0.2, 0.25) is 0 Å². The second kappa shape index (κ2) is 6.02. The molecule has 1 saturated carbocycles. The second-order valence-electron chi connectivity index (χ2n) is 5.99. The van der Waals surface area contributed by atoms with Gasteiger partial charge in [-0.1, -0.05) is 33.6 Å². The van der Waals surface area contributed by atoms with Gasteiger partial charge in [0, 0.05) is 25.1 Å². The summed E-state index contributed by atoms with van der Waals surface area (Å²) >= 11 is 0. The summed E-state index contributed by atoms with van der Waals surface area (Å²) in [6.45, 7) is 9.00. The zero-order chi connectivity index (χ0) is 12.1. The van der Waals surface area contributed by atoms with Gasteiger partial charge in [0.25, 0.3) is 0 Å². The number of rotatable bonds is 7. The predicted molar refractivity (Wildman–Crippen MR) is 69.5 cm³/mol. The summed E-state index contributed by atoms with van der Waals surface area (Å²) in [6.07, 6.45) is 7.91. The highest BCUT2D eigenvalue weighted by atomic mass is 16.3. The maximum absolute atomic E-state index is 9.36. The molecule has 0 amide bonds. The molecule has 1 atom stereocenters.